The zero-order chi connectivity index (χ0) is 18.6. The summed E-state index contributed by atoms with van der Waals surface area (Å²) in [6.07, 6.45) is 4.32. The Kier molecular flexibility index (Phi) is 6.66. The van der Waals surface area contributed by atoms with E-state index in [0.717, 1.165) is 24.8 Å². The van der Waals surface area contributed by atoms with Crippen molar-refractivity contribution in [3.8, 4) is 0 Å². The third-order valence-electron chi connectivity index (χ3n) is 5.36. The number of sulfone groups is 1. The van der Waals surface area contributed by atoms with E-state index in [9.17, 15) is 13.2 Å². The van der Waals surface area contributed by atoms with Gasteiger partial charge in [0.1, 0.15) is 5.25 Å². The number of benzene rings is 1. The lowest BCUT2D eigenvalue weighted by Crippen LogP contribution is -2.47. The van der Waals surface area contributed by atoms with Gasteiger partial charge in [-0.2, -0.15) is 0 Å². The lowest BCUT2D eigenvalue weighted by atomic mass is 9.86. The van der Waals surface area contributed by atoms with Crippen LogP contribution in [0.3, 0.4) is 0 Å². The fourth-order valence-corrected chi connectivity index (χ4v) is 4.65. The van der Waals surface area contributed by atoms with E-state index in [1.807, 2.05) is 24.3 Å². The Hall–Kier alpha value is -1.36. The summed E-state index contributed by atoms with van der Waals surface area (Å²) < 4.78 is 25.2. The zero-order valence-corrected chi connectivity index (χ0v) is 16.6. The summed E-state index contributed by atoms with van der Waals surface area (Å²) in [5.41, 5.74) is 1.91. The van der Waals surface area contributed by atoms with Gasteiger partial charge in [0.15, 0.2) is 9.84 Å². The highest BCUT2D eigenvalue weighted by Crippen LogP contribution is 2.24. The number of hydrogen-bond acceptors (Lipinski definition) is 3. The minimum Gasteiger partial charge on any atom is -0.352 e. The van der Waals surface area contributed by atoms with Crippen LogP contribution in [0.2, 0.25) is 0 Å². The van der Waals surface area contributed by atoms with Crippen molar-refractivity contribution < 1.29 is 13.2 Å². The summed E-state index contributed by atoms with van der Waals surface area (Å²) in [6, 6.07) is 7.72. The maximum absolute atomic E-state index is 12.6. The van der Waals surface area contributed by atoms with Crippen LogP contribution in [0, 0.1) is 5.92 Å². The molecule has 0 aromatic heterocycles. The number of rotatable bonds is 6. The molecule has 1 aliphatic rings. The van der Waals surface area contributed by atoms with E-state index in [1.165, 1.54) is 18.9 Å². The highest BCUT2D eigenvalue weighted by Gasteiger charge is 2.31. The van der Waals surface area contributed by atoms with Crippen LogP contribution in [0.4, 0.5) is 0 Å². The van der Waals surface area contributed by atoms with Gasteiger partial charge in [0.2, 0.25) is 5.91 Å². The van der Waals surface area contributed by atoms with Gasteiger partial charge in [-0.3, -0.25) is 4.79 Å². The van der Waals surface area contributed by atoms with E-state index in [-0.39, 0.29) is 17.7 Å². The smallest absolute Gasteiger partial charge is 0.238 e. The summed E-state index contributed by atoms with van der Waals surface area (Å²) in [7, 11) is -3.53. The summed E-state index contributed by atoms with van der Waals surface area (Å²) in [5.74, 6) is 0.363. The van der Waals surface area contributed by atoms with Crippen molar-refractivity contribution in [2.45, 2.75) is 76.3 Å². The predicted molar refractivity (Wildman–Crippen MR) is 102 cm³/mol. The third kappa shape index (κ3) is 5.30. The summed E-state index contributed by atoms with van der Waals surface area (Å²) in [4.78, 5) is 12.4. The minimum absolute atomic E-state index is 0.0970. The van der Waals surface area contributed by atoms with Crippen LogP contribution in [0.15, 0.2) is 24.3 Å². The molecule has 25 heavy (non-hydrogen) atoms. The predicted octanol–water partition coefficient (Wildman–Crippen LogP) is 3.81. The molecule has 1 fully saturated rings. The topological polar surface area (TPSA) is 63.2 Å². The van der Waals surface area contributed by atoms with Gasteiger partial charge in [-0.05, 0) is 42.7 Å². The maximum atomic E-state index is 12.6. The first kappa shape index (κ1) is 20.0. The van der Waals surface area contributed by atoms with Crippen molar-refractivity contribution in [2.75, 3.05) is 0 Å². The van der Waals surface area contributed by atoms with Crippen molar-refractivity contribution in [1.29, 1.82) is 0 Å². The molecule has 1 aromatic rings. The molecule has 2 rings (SSSR count). The van der Waals surface area contributed by atoms with Crippen LogP contribution in [0.1, 0.15) is 70.4 Å². The Morgan fingerprint density at radius 2 is 1.72 bits per heavy atom. The molecule has 4 nitrogen and oxygen atoms in total. The zero-order valence-electron chi connectivity index (χ0n) is 15.8. The average Bonchev–Trinajstić information content (AvgIpc) is 2.56. The Morgan fingerprint density at radius 3 is 2.28 bits per heavy atom. The van der Waals surface area contributed by atoms with Gasteiger partial charge in [-0.25, -0.2) is 8.42 Å². The third-order valence-corrected chi connectivity index (χ3v) is 7.39. The molecule has 140 valence electrons. The van der Waals surface area contributed by atoms with Crippen LogP contribution in [-0.2, 0) is 20.4 Å². The fourth-order valence-electron chi connectivity index (χ4n) is 3.35. The summed E-state index contributed by atoms with van der Waals surface area (Å²) in [6.45, 7) is 7.83. The molecule has 0 spiro atoms. The van der Waals surface area contributed by atoms with Crippen LogP contribution >= 0.6 is 0 Å². The Labute approximate surface area is 152 Å². The molecule has 3 unspecified atom stereocenters. The van der Waals surface area contributed by atoms with E-state index in [0.29, 0.717) is 11.8 Å². The molecule has 0 saturated heterocycles. The van der Waals surface area contributed by atoms with Crippen LogP contribution in [-0.4, -0.2) is 25.6 Å². The molecular formula is C20H31NO3S. The lowest BCUT2D eigenvalue weighted by Gasteiger charge is -2.30. The van der Waals surface area contributed by atoms with Crippen molar-refractivity contribution in [1.82, 2.24) is 5.32 Å². The SMILES string of the molecule is CC(C)c1ccc(CS(=O)(=O)C(C)C(=O)NC2CCCCC2C)cc1. The molecule has 3 atom stereocenters. The fraction of sp³-hybridized carbons (Fsp3) is 0.650. The quantitative estimate of drug-likeness (QED) is 0.834. The van der Waals surface area contributed by atoms with E-state index < -0.39 is 15.1 Å². The van der Waals surface area contributed by atoms with Gasteiger partial charge in [0, 0.05) is 6.04 Å². The Bertz CT molecular complexity index is 679. The van der Waals surface area contributed by atoms with E-state index >= 15 is 0 Å². The van der Waals surface area contributed by atoms with Gasteiger partial charge >= 0.3 is 0 Å². The molecule has 1 aliphatic carbocycles. The number of carbonyl (C=O) groups is 1. The van der Waals surface area contributed by atoms with Crippen molar-refractivity contribution in [3.63, 3.8) is 0 Å². The molecule has 1 aromatic carbocycles. The first-order valence-corrected chi connectivity index (χ1v) is 11.0. The molecular weight excluding hydrogens is 334 g/mol. The Balaban J connectivity index is 2.00. The van der Waals surface area contributed by atoms with Crippen LogP contribution in [0.5, 0.6) is 0 Å². The molecule has 0 bridgehead atoms. The standard InChI is InChI=1S/C20H31NO3S/c1-14(2)18-11-9-17(10-12-18)13-25(23,24)16(4)20(22)21-19-8-6-5-7-15(19)3/h9-12,14-16,19H,5-8,13H2,1-4H3,(H,21,22). The Morgan fingerprint density at radius 1 is 1.12 bits per heavy atom. The second kappa shape index (κ2) is 8.35. The first-order valence-electron chi connectivity index (χ1n) is 9.31. The monoisotopic (exact) mass is 365 g/mol. The maximum Gasteiger partial charge on any atom is 0.238 e. The molecule has 0 radical (unpaired) electrons. The lowest BCUT2D eigenvalue weighted by molar-refractivity contribution is -0.121. The van der Waals surface area contributed by atoms with E-state index in [4.69, 9.17) is 0 Å². The van der Waals surface area contributed by atoms with Crippen molar-refractivity contribution in [3.05, 3.63) is 35.4 Å². The molecule has 0 heterocycles. The second-order valence-electron chi connectivity index (χ2n) is 7.72. The molecule has 1 saturated carbocycles. The van der Waals surface area contributed by atoms with E-state index in [1.54, 1.807) is 0 Å². The summed E-state index contributed by atoms with van der Waals surface area (Å²) >= 11 is 0. The van der Waals surface area contributed by atoms with Gasteiger partial charge in [-0.1, -0.05) is 57.9 Å². The number of hydrogen-bond donors (Lipinski definition) is 1. The van der Waals surface area contributed by atoms with E-state index in [2.05, 4.69) is 26.1 Å². The normalized spacial score (nSPS) is 22.6. The molecule has 1 N–H and O–H groups in total. The van der Waals surface area contributed by atoms with Gasteiger partial charge < -0.3 is 5.32 Å². The highest BCUT2D eigenvalue weighted by atomic mass is 32.2. The van der Waals surface area contributed by atoms with Crippen LogP contribution in [0.25, 0.3) is 0 Å². The average molecular weight is 366 g/mol. The second-order valence-corrected chi connectivity index (χ2v) is 10.0. The molecule has 1 amide bonds. The molecule has 5 heteroatoms. The van der Waals surface area contributed by atoms with Gasteiger partial charge in [0.25, 0.3) is 0 Å². The number of carbonyl (C=O) groups excluding carboxylic acids is 1. The van der Waals surface area contributed by atoms with Crippen LogP contribution < -0.4 is 5.32 Å². The number of nitrogens with one attached hydrogen (secondary N) is 1. The largest absolute Gasteiger partial charge is 0.352 e. The van der Waals surface area contributed by atoms with Gasteiger partial charge in [-0.15, -0.1) is 0 Å². The highest BCUT2D eigenvalue weighted by molar-refractivity contribution is 7.92. The molecule has 0 aliphatic heterocycles. The number of amides is 1. The minimum atomic E-state index is -3.53. The van der Waals surface area contributed by atoms with Gasteiger partial charge in [0.05, 0.1) is 5.75 Å². The summed E-state index contributed by atoms with van der Waals surface area (Å²) in [5, 5.41) is 1.94. The first-order chi connectivity index (χ1) is 11.7. The van der Waals surface area contributed by atoms with Crippen molar-refractivity contribution in [2.24, 2.45) is 5.92 Å². The van der Waals surface area contributed by atoms with Crippen molar-refractivity contribution >= 4 is 15.7 Å².